The Kier molecular flexibility index (Phi) is 31.5. The van der Waals surface area contributed by atoms with Gasteiger partial charge in [-0.05, 0) is 51.4 Å². The van der Waals surface area contributed by atoms with E-state index in [1.807, 2.05) is 0 Å². The van der Waals surface area contributed by atoms with Gasteiger partial charge in [-0.2, -0.15) is 0 Å². The summed E-state index contributed by atoms with van der Waals surface area (Å²) >= 11 is 0. The second kappa shape index (κ2) is 32.9. The van der Waals surface area contributed by atoms with E-state index >= 15 is 0 Å². The maximum atomic E-state index is 12.3. The smallest absolute Gasteiger partial charge is 0.462 e. The zero-order chi connectivity index (χ0) is 34.0. The van der Waals surface area contributed by atoms with E-state index < -0.39 is 32.5 Å². The standard InChI is InChI=1S/C37H65O8P/c1-3-5-7-9-11-13-15-16-17-18-19-20-22-24-26-28-30-32-37(39)45-35(34-44-46(40,41)42)33-43-36(38)31-29-27-25-23-21-14-12-10-8-6-4-2/h7,9,13,15,17-18,20,22,35H,3-6,8,10-12,14,16,19,21,23-34H2,1-2H3,(H2,40,41,42)/b9-7+,15-13+,18-17+,22-20+/t35-/m1/s1. The summed E-state index contributed by atoms with van der Waals surface area (Å²) in [6.07, 6.45) is 38.3. The fraction of sp³-hybridized carbons (Fsp3) is 0.730. The molecule has 266 valence electrons. The van der Waals surface area contributed by atoms with Crippen LogP contribution in [-0.2, 0) is 28.2 Å². The Morgan fingerprint density at radius 1 is 0.565 bits per heavy atom. The highest BCUT2D eigenvalue weighted by Crippen LogP contribution is 2.35. The van der Waals surface area contributed by atoms with Crippen LogP contribution in [0.25, 0.3) is 0 Å². The third kappa shape index (κ3) is 34.9. The first-order valence-electron chi connectivity index (χ1n) is 17.9. The predicted molar refractivity (Wildman–Crippen MR) is 188 cm³/mol. The largest absolute Gasteiger partial charge is 0.469 e. The number of carbonyl (C=O) groups is 2. The molecule has 0 aliphatic carbocycles. The van der Waals surface area contributed by atoms with Crippen LogP contribution >= 0.6 is 7.82 Å². The molecule has 46 heavy (non-hydrogen) atoms. The monoisotopic (exact) mass is 668 g/mol. The van der Waals surface area contributed by atoms with Gasteiger partial charge < -0.3 is 19.3 Å². The average molecular weight is 669 g/mol. The normalized spacial score (nSPS) is 13.0. The Labute approximate surface area is 280 Å². The molecule has 9 heteroatoms. The van der Waals surface area contributed by atoms with Crippen LogP contribution in [0.4, 0.5) is 0 Å². The van der Waals surface area contributed by atoms with Gasteiger partial charge in [0, 0.05) is 12.8 Å². The Hall–Kier alpha value is -1.99. The zero-order valence-corrected chi connectivity index (χ0v) is 29.9. The van der Waals surface area contributed by atoms with Gasteiger partial charge in [-0.1, -0.05) is 140 Å². The highest BCUT2D eigenvalue weighted by atomic mass is 31.2. The van der Waals surface area contributed by atoms with Gasteiger partial charge in [0.2, 0.25) is 0 Å². The first-order chi connectivity index (χ1) is 22.3. The number of unbranched alkanes of at least 4 members (excludes halogenated alkanes) is 14. The Morgan fingerprint density at radius 3 is 1.54 bits per heavy atom. The van der Waals surface area contributed by atoms with Crippen molar-refractivity contribution in [1.29, 1.82) is 0 Å². The van der Waals surface area contributed by atoms with E-state index in [9.17, 15) is 14.2 Å². The van der Waals surface area contributed by atoms with Crippen LogP contribution < -0.4 is 0 Å². The van der Waals surface area contributed by atoms with E-state index in [0.717, 1.165) is 64.2 Å². The molecular weight excluding hydrogens is 603 g/mol. The molecule has 0 rings (SSSR count). The number of phosphoric ester groups is 1. The summed E-state index contributed by atoms with van der Waals surface area (Å²) in [7, 11) is -4.75. The third-order valence-electron chi connectivity index (χ3n) is 7.33. The van der Waals surface area contributed by atoms with Crippen molar-refractivity contribution in [1.82, 2.24) is 0 Å². The van der Waals surface area contributed by atoms with Crippen LogP contribution in [0, 0.1) is 0 Å². The van der Waals surface area contributed by atoms with Crippen LogP contribution in [0.1, 0.15) is 155 Å². The first-order valence-corrected chi connectivity index (χ1v) is 19.5. The molecule has 8 nitrogen and oxygen atoms in total. The summed E-state index contributed by atoms with van der Waals surface area (Å²) in [5.74, 6) is -0.924. The Balaban J connectivity index is 4.07. The highest BCUT2D eigenvalue weighted by molar-refractivity contribution is 7.46. The van der Waals surface area contributed by atoms with Gasteiger partial charge >= 0.3 is 19.8 Å². The maximum absolute atomic E-state index is 12.3. The van der Waals surface area contributed by atoms with Crippen molar-refractivity contribution in [3.63, 3.8) is 0 Å². The Bertz CT molecular complexity index is 890. The van der Waals surface area contributed by atoms with Crippen LogP contribution in [0.15, 0.2) is 48.6 Å². The molecule has 0 unspecified atom stereocenters. The van der Waals surface area contributed by atoms with Crippen molar-refractivity contribution in [2.24, 2.45) is 0 Å². The second-order valence-electron chi connectivity index (χ2n) is 11.8. The minimum Gasteiger partial charge on any atom is -0.462 e. The number of esters is 2. The molecule has 1 atom stereocenters. The van der Waals surface area contributed by atoms with Crippen LogP contribution in [0.2, 0.25) is 0 Å². The highest BCUT2D eigenvalue weighted by Gasteiger charge is 2.22. The molecule has 0 amide bonds. The van der Waals surface area contributed by atoms with Gasteiger partial charge in [0.25, 0.3) is 0 Å². The molecule has 0 aromatic heterocycles. The summed E-state index contributed by atoms with van der Waals surface area (Å²) in [6.45, 7) is 3.56. The molecule has 0 saturated heterocycles. The van der Waals surface area contributed by atoms with E-state index in [4.69, 9.17) is 19.3 Å². The lowest BCUT2D eigenvalue weighted by Gasteiger charge is -2.18. The average Bonchev–Trinajstić information content (AvgIpc) is 3.02. The lowest BCUT2D eigenvalue weighted by atomic mass is 10.1. The molecule has 0 bridgehead atoms. The van der Waals surface area contributed by atoms with Crippen molar-refractivity contribution >= 4 is 19.8 Å². The number of ether oxygens (including phenoxy) is 2. The zero-order valence-electron chi connectivity index (χ0n) is 29.0. The molecule has 0 aromatic rings. The Morgan fingerprint density at radius 2 is 1.02 bits per heavy atom. The van der Waals surface area contributed by atoms with Crippen molar-refractivity contribution < 1.29 is 37.9 Å². The number of allylic oxidation sites excluding steroid dienone is 8. The fourth-order valence-corrected chi connectivity index (χ4v) is 5.02. The van der Waals surface area contributed by atoms with Gasteiger partial charge in [0.05, 0.1) is 6.61 Å². The van der Waals surface area contributed by atoms with E-state index in [1.54, 1.807) is 0 Å². The van der Waals surface area contributed by atoms with Crippen molar-refractivity contribution in [3.8, 4) is 0 Å². The van der Waals surface area contributed by atoms with Gasteiger partial charge in [0.15, 0.2) is 6.10 Å². The second-order valence-corrected chi connectivity index (χ2v) is 13.1. The summed E-state index contributed by atoms with van der Waals surface area (Å²) in [5, 5.41) is 0. The predicted octanol–water partition coefficient (Wildman–Crippen LogP) is 10.4. The molecular formula is C37H65O8P. The molecule has 2 N–H and O–H groups in total. The molecule has 0 aliphatic heterocycles. The third-order valence-corrected chi connectivity index (χ3v) is 7.82. The summed E-state index contributed by atoms with van der Waals surface area (Å²) < 4.78 is 26.2. The van der Waals surface area contributed by atoms with E-state index in [1.165, 1.54) is 57.8 Å². The van der Waals surface area contributed by atoms with Crippen molar-refractivity contribution in [2.75, 3.05) is 13.2 Å². The van der Waals surface area contributed by atoms with E-state index in [2.05, 4.69) is 67.0 Å². The maximum Gasteiger partial charge on any atom is 0.469 e. The fourth-order valence-electron chi connectivity index (χ4n) is 4.66. The van der Waals surface area contributed by atoms with Gasteiger partial charge in [-0.15, -0.1) is 0 Å². The SMILES string of the molecule is CCC/C=C/C/C=C/C/C=C/C/C=C/CCCCCC(=O)O[C@H](COC(=O)CCCCCCCCCCCCC)COP(=O)(O)O. The van der Waals surface area contributed by atoms with Crippen molar-refractivity contribution in [2.45, 2.75) is 161 Å². The first kappa shape index (κ1) is 44.0. The molecule has 0 fully saturated rings. The number of carbonyl (C=O) groups excluding carboxylic acids is 2. The molecule has 0 aliphatic rings. The summed E-state index contributed by atoms with van der Waals surface area (Å²) in [5.41, 5.74) is 0. The number of hydrogen-bond donors (Lipinski definition) is 2. The lowest BCUT2D eigenvalue weighted by molar-refractivity contribution is -0.161. The molecule has 0 spiro atoms. The van der Waals surface area contributed by atoms with E-state index in [-0.39, 0.29) is 19.4 Å². The topological polar surface area (TPSA) is 119 Å². The van der Waals surface area contributed by atoms with Crippen LogP contribution in [-0.4, -0.2) is 41.0 Å². The minimum absolute atomic E-state index is 0.174. The van der Waals surface area contributed by atoms with Crippen LogP contribution in [0.5, 0.6) is 0 Å². The molecule has 0 saturated carbocycles. The quantitative estimate of drug-likeness (QED) is 0.0315. The summed E-state index contributed by atoms with van der Waals surface area (Å²) in [6, 6.07) is 0. The number of rotatable bonds is 32. The van der Waals surface area contributed by atoms with Gasteiger partial charge in [0.1, 0.15) is 6.61 Å². The van der Waals surface area contributed by atoms with E-state index in [0.29, 0.717) is 6.42 Å². The van der Waals surface area contributed by atoms with Crippen LogP contribution in [0.3, 0.4) is 0 Å². The number of hydrogen-bond acceptors (Lipinski definition) is 6. The minimum atomic E-state index is -4.75. The lowest BCUT2D eigenvalue weighted by Crippen LogP contribution is -2.29. The molecule has 0 heterocycles. The molecule has 0 radical (unpaired) electrons. The van der Waals surface area contributed by atoms with Crippen molar-refractivity contribution in [3.05, 3.63) is 48.6 Å². The van der Waals surface area contributed by atoms with Gasteiger partial charge in [-0.25, -0.2) is 4.57 Å². The molecule has 0 aromatic carbocycles. The van der Waals surface area contributed by atoms with Gasteiger partial charge in [-0.3, -0.25) is 14.1 Å². The number of phosphoric acid groups is 1. The summed E-state index contributed by atoms with van der Waals surface area (Å²) in [4.78, 5) is 42.6.